The summed E-state index contributed by atoms with van der Waals surface area (Å²) in [7, 11) is 1.50. The Morgan fingerprint density at radius 3 is 2.00 bits per heavy atom. The Kier molecular flexibility index (Phi) is 3.59. The molecular weight excluding hydrogens is 238 g/mol. The third-order valence-corrected chi connectivity index (χ3v) is 5.72. The molecule has 0 amide bonds. The summed E-state index contributed by atoms with van der Waals surface area (Å²) in [5.74, 6) is 3.78. The topological polar surface area (TPSA) is 38.3 Å². The van der Waals surface area contributed by atoms with Gasteiger partial charge in [0, 0.05) is 6.04 Å². The van der Waals surface area contributed by atoms with E-state index in [1.165, 1.54) is 39.2 Å². The molecular formula is C16H27NO2. The van der Waals surface area contributed by atoms with E-state index in [1.807, 2.05) is 0 Å². The second kappa shape index (κ2) is 5.08. The molecule has 1 N–H and O–H groups in total. The summed E-state index contributed by atoms with van der Waals surface area (Å²) in [6.07, 6.45) is 7.02. The molecule has 0 heterocycles. The molecule has 0 aromatic carbocycles. The standard InChI is InChI=1S/C16H27NO2/c1-9(2)14(16(18)19-3)17-15-12-5-10-4-11(7-12)8-13(15)6-10/h9-15,17H,4-8H2,1-3H3. The first kappa shape index (κ1) is 13.4. The lowest BCUT2D eigenvalue weighted by Gasteiger charge is -2.55. The van der Waals surface area contributed by atoms with Crippen LogP contribution in [0.2, 0.25) is 0 Å². The van der Waals surface area contributed by atoms with Crippen molar-refractivity contribution in [3.63, 3.8) is 0 Å². The zero-order chi connectivity index (χ0) is 13.6. The third-order valence-electron chi connectivity index (χ3n) is 5.72. The highest BCUT2D eigenvalue weighted by atomic mass is 16.5. The fraction of sp³-hybridized carbons (Fsp3) is 0.938. The van der Waals surface area contributed by atoms with Gasteiger partial charge in [-0.2, -0.15) is 0 Å². The molecule has 0 radical (unpaired) electrons. The van der Waals surface area contributed by atoms with Crippen molar-refractivity contribution in [3.05, 3.63) is 0 Å². The normalized spacial score (nSPS) is 41.6. The molecule has 0 aromatic heterocycles. The Balaban J connectivity index is 1.70. The van der Waals surface area contributed by atoms with Crippen molar-refractivity contribution in [2.24, 2.45) is 29.6 Å². The van der Waals surface area contributed by atoms with Crippen molar-refractivity contribution < 1.29 is 9.53 Å². The summed E-state index contributed by atoms with van der Waals surface area (Å²) >= 11 is 0. The van der Waals surface area contributed by atoms with Crippen molar-refractivity contribution in [3.8, 4) is 0 Å². The summed E-state index contributed by atoms with van der Waals surface area (Å²) in [5, 5.41) is 3.67. The fourth-order valence-corrected chi connectivity index (χ4v) is 5.06. The van der Waals surface area contributed by atoms with Gasteiger partial charge >= 0.3 is 5.97 Å². The van der Waals surface area contributed by atoms with Crippen molar-refractivity contribution >= 4 is 5.97 Å². The predicted octanol–water partition coefficient (Wildman–Crippen LogP) is 2.60. The van der Waals surface area contributed by atoms with Gasteiger partial charge in [0.25, 0.3) is 0 Å². The number of carbonyl (C=O) groups excluding carboxylic acids is 1. The Bertz CT molecular complexity index is 325. The maximum absolute atomic E-state index is 11.9. The van der Waals surface area contributed by atoms with E-state index < -0.39 is 0 Å². The molecule has 0 saturated heterocycles. The maximum Gasteiger partial charge on any atom is 0.323 e. The smallest absolute Gasteiger partial charge is 0.323 e. The molecule has 0 aliphatic heterocycles. The largest absolute Gasteiger partial charge is 0.468 e. The monoisotopic (exact) mass is 265 g/mol. The molecule has 1 atom stereocenters. The van der Waals surface area contributed by atoms with Gasteiger partial charge < -0.3 is 10.1 Å². The van der Waals surface area contributed by atoms with E-state index in [0.717, 1.165) is 23.7 Å². The molecule has 19 heavy (non-hydrogen) atoms. The van der Waals surface area contributed by atoms with E-state index >= 15 is 0 Å². The van der Waals surface area contributed by atoms with Gasteiger partial charge in [0.1, 0.15) is 6.04 Å². The highest BCUT2D eigenvalue weighted by Crippen LogP contribution is 2.53. The van der Waals surface area contributed by atoms with Gasteiger partial charge in [0.05, 0.1) is 7.11 Å². The summed E-state index contributed by atoms with van der Waals surface area (Å²) in [6.45, 7) is 4.20. The Hall–Kier alpha value is -0.570. The molecule has 3 nitrogen and oxygen atoms in total. The number of hydrogen-bond donors (Lipinski definition) is 1. The van der Waals surface area contributed by atoms with E-state index in [-0.39, 0.29) is 12.0 Å². The molecule has 108 valence electrons. The average Bonchev–Trinajstić information content (AvgIpc) is 2.36. The molecule has 0 spiro atoms. The van der Waals surface area contributed by atoms with Crippen LogP contribution in [0.15, 0.2) is 0 Å². The molecule has 4 aliphatic carbocycles. The summed E-state index contributed by atoms with van der Waals surface area (Å²) < 4.78 is 4.97. The first-order chi connectivity index (χ1) is 9.08. The minimum Gasteiger partial charge on any atom is -0.468 e. The molecule has 4 aliphatic rings. The van der Waals surface area contributed by atoms with Crippen LogP contribution < -0.4 is 5.32 Å². The zero-order valence-electron chi connectivity index (χ0n) is 12.4. The third kappa shape index (κ3) is 2.42. The van der Waals surface area contributed by atoms with Gasteiger partial charge in [-0.25, -0.2) is 0 Å². The lowest BCUT2D eigenvalue weighted by atomic mass is 9.54. The van der Waals surface area contributed by atoms with Crippen LogP contribution in [-0.2, 0) is 9.53 Å². The summed E-state index contributed by atoms with van der Waals surface area (Å²) in [4.78, 5) is 11.9. The summed E-state index contributed by atoms with van der Waals surface area (Å²) in [6, 6.07) is 0.423. The Morgan fingerprint density at radius 1 is 1.05 bits per heavy atom. The second-order valence-corrected chi connectivity index (χ2v) is 7.37. The maximum atomic E-state index is 11.9. The van der Waals surface area contributed by atoms with E-state index in [4.69, 9.17) is 4.74 Å². The predicted molar refractivity (Wildman–Crippen MR) is 74.6 cm³/mol. The zero-order valence-corrected chi connectivity index (χ0v) is 12.4. The highest BCUT2D eigenvalue weighted by molar-refractivity contribution is 5.76. The summed E-state index contributed by atoms with van der Waals surface area (Å²) in [5.41, 5.74) is 0. The van der Waals surface area contributed by atoms with Gasteiger partial charge in [0.15, 0.2) is 0 Å². The fourth-order valence-electron chi connectivity index (χ4n) is 5.06. The van der Waals surface area contributed by atoms with Crippen LogP contribution in [0.4, 0.5) is 0 Å². The Labute approximate surface area is 116 Å². The SMILES string of the molecule is COC(=O)C(NC1C2CC3CC(C2)CC1C3)C(C)C. The Morgan fingerprint density at radius 2 is 1.58 bits per heavy atom. The minimum absolute atomic E-state index is 0.0937. The lowest BCUT2D eigenvalue weighted by molar-refractivity contribution is -0.145. The minimum atomic E-state index is -0.132. The number of rotatable bonds is 4. The molecule has 0 aromatic rings. The number of esters is 1. The van der Waals surface area contributed by atoms with Crippen LogP contribution in [0.1, 0.15) is 46.0 Å². The van der Waals surface area contributed by atoms with Crippen LogP contribution in [0.25, 0.3) is 0 Å². The van der Waals surface area contributed by atoms with Crippen molar-refractivity contribution in [1.29, 1.82) is 0 Å². The van der Waals surface area contributed by atoms with Gasteiger partial charge in [-0.15, -0.1) is 0 Å². The number of methoxy groups -OCH3 is 1. The molecule has 3 heteroatoms. The molecule has 4 bridgehead atoms. The first-order valence-corrected chi connectivity index (χ1v) is 7.92. The number of ether oxygens (including phenoxy) is 1. The molecule has 4 saturated carbocycles. The lowest BCUT2D eigenvalue weighted by Crippen LogP contribution is -2.59. The van der Waals surface area contributed by atoms with Gasteiger partial charge in [-0.3, -0.25) is 4.79 Å². The van der Waals surface area contributed by atoms with E-state index in [0.29, 0.717) is 12.0 Å². The van der Waals surface area contributed by atoms with Crippen molar-refractivity contribution in [1.82, 2.24) is 5.32 Å². The highest BCUT2D eigenvalue weighted by Gasteiger charge is 2.49. The van der Waals surface area contributed by atoms with E-state index in [2.05, 4.69) is 19.2 Å². The van der Waals surface area contributed by atoms with Crippen LogP contribution in [0.3, 0.4) is 0 Å². The molecule has 1 unspecified atom stereocenters. The van der Waals surface area contributed by atoms with Crippen molar-refractivity contribution in [2.45, 2.75) is 58.0 Å². The number of hydrogen-bond acceptors (Lipinski definition) is 3. The average molecular weight is 265 g/mol. The van der Waals surface area contributed by atoms with Crippen LogP contribution in [-0.4, -0.2) is 25.2 Å². The number of nitrogens with one attached hydrogen (secondary N) is 1. The van der Waals surface area contributed by atoms with Gasteiger partial charge in [0.2, 0.25) is 0 Å². The quantitative estimate of drug-likeness (QED) is 0.794. The van der Waals surface area contributed by atoms with Crippen molar-refractivity contribution in [2.75, 3.05) is 7.11 Å². The van der Waals surface area contributed by atoms with Gasteiger partial charge in [-0.05, 0) is 61.7 Å². The van der Waals surface area contributed by atoms with Crippen LogP contribution in [0.5, 0.6) is 0 Å². The number of carbonyl (C=O) groups is 1. The molecule has 4 rings (SSSR count). The van der Waals surface area contributed by atoms with Gasteiger partial charge in [-0.1, -0.05) is 13.8 Å². The second-order valence-electron chi connectivity index (χ2n) is 7.37. The van der Waals surface area contributed by atoms with E-state index in [1.54, 1.807) is 0 Å². The molecule has 4 fully saturated rings. The van der Waals surface area contributed by atoms with Crippen LogP contribution >= 0.6 is 0 Å². The van der Waals surface area contributed by atoms with E-state index in [9.17, 15) is 4.79 Å². The first-order valence-electron chi connectivity index (χ1n) is 7.92. The van der Waals surface area contributed by atoms with Crippen LogP contribution in [0, 0.1) is 29.6 Å².